The van der Waals surface area contributed by atoms with Gasteiger partial charge in [0.25, 0.3) is 0 Å². The molecule has 2 N–H and O–H groups in total. The van der Waals surface area contributed by atoms with Crippen LogP contribution in [0.5, 0.6) is 11.5 Å². The highest BCUT2D eigenvalue weighted by molar-refractivity contribution is 9.13. The van der Waals surface area contributed by atoms with Crippen LogP contribution in [0, 0.1) is 29.1 Å². The van der Waals surface area contributed by atoms with Gasteiger partial charge in [-0.25, -0.2) is 4.90 Å². The molecule has 0 radical (unpaired) electrons. The number of carbonyl (C=O) groups excluding carboxylic acids is 4. The lowest BCUT2D eigenvalue weighted by Gasteiger charge is -2.49. The molecule has 11 heteroatoms. The predicted molar refractivity (Wildman–Crippen MR) is 200 cm³/mol. The summed E-state index contributed by atoms with van der Waals surface area (Å²) < 4.78 is 6.39. The van der Waals surface area contributed by atoms with E-state index < -0.39 is 35.0 Å². The van der Waals surface area contributed by atoms with E-state index in [2.05, 4.69) is 37.2 Å². The number of nitrogens with one attached hydrogen (secondary N) is 1. The molecule has 1 saturated carbocycles. The number of fused-ring (bicyclic) bond motifs is 4. The molecule has 0 spiro atoms. The number of anilines is 4. The number of nitrogens with zero attached hydrogens (tertiary/aromatic N) is 2. The number of aromatic hydroxyl groups is 1. The molecule has 6 atom stereocenters. The van der Waals surface area contributed by atoms with Gasteiger partial charge in [-0.3, -0.25) is 24.1 Å². The lowest BCUT2D eigenvalue weighted by molar-refractivity contribution is -0.131. The fraction of sp³-hybridized carbons (Fsp3) is 0.250. The van der Waals surface area contributed by atoms with Gasteiger partial charge in [0, 0.05) is 21.8 Å². The minimum atomic E-state index is -1.25. The number of hydrogen-bond donors (Lipinski definition) is 2. The maximum absolute atomic E-state index is 14.7. The number of methoxy groups -OCH3 is 1. The topological polar surface area (TPSA) is 116 Å². The van der Waals surface area contributed by atoms with E-state index in [1.54, 1.807) is 42.5 Å². The molecule has 2 heterocycles. The Balaban J connectivity index is 1.21. The Labute approximate surface area is 311 Å². The summed E-state index contributed by atoms with van der Waals surface area (Å²) in [4.78, 5) is 60.3. The molecule has 2 aliphatic heterocycles. The van der Waals surface area contributed by atoms with E-state index >= 15 is 0 Å². The van der Waals surface area contributed by atoms with Gasteiger partial charge < -0.3 is 15.2 Å². The Kier molecular flexibility index (Phi) is 8.18. The summed E-state index contributed by atoms with van der Waals surface area (Å²) in [6.45, 7) is 1.83. The Bertz CT molecular complexity index is 2140. The van der Waals surface area contributed by atoms with E-state index in [4.69, 9.17) is 4.74 Å². The Hall–Kier alpha value is -4.74. The number of rotatable bonds is 6. The second-order valence-corrected chi connectivity index (χ2v) is 15.3. The average molecular weight is 812 g/mol. The summed E-state index contributed by atoms with van der Waals surface area (Å²) in [6, 6.07) is 27.5. The third kappa shape index (κ3) is 4.99. The molecule has 0 bridgehead atoms. The molecular formula is C40H33Br2N3O6. The molecular weight excluding hydrogens is 778 g/mol. The van der Waals surface area contributed by atoms with Crippen LogP contribution in [0.4, 0.5) is 22.7 Å². The van der Waals surface area contributed by atoms with E-state index in [1.165, 1.54) is 16.9 Å². The maximum atomic E-state index is 14.7. The minimum Gasteiger partial charge on any atom is -0.503 e. The number of hydrogen-bond acceptors (Lipinski definition) is 7. The van der Waals surface area contributed by atoms with Crippen LogP contribution in [-0.4, -0.2) is 35.8 Å². The van der Waals surface area contributed by atoms with Crippen molar-refractivity contribution in [3.05, 3.63) is 117 Å². The number of amides is 4. The summed E-state index contributed by atoms with van der Waals surface area (Å²) in [5.41, 5.74) is 2.89. The third-order valence-corrected chi connectivity index (χ3v) is 13.3. The van der Waals surface area contributed by atoms with Crippen molar-refractivity contribution in [1.82, 2.24) is 0 Å². The Morgan fingerprint density at radius 3 is 2.08 bits per heavy atom. The molecule has 4 aromatic rings. The highest BCUT2D eigenvalue weighted by Crippen LogP contribution is 2.65. The minimum absolute atomic E-state index is 0.114. The monoisotopic (exact) mass is 809 g/mol. The molecule has 2 aliphatic carbocycles. The molecule has 51 heavy (non-hydrogen) atoms. The van der Waals surface area contributed by atoms with Crippen molar-refractivity contribution in [1.29, 1.82) is 0 Å². The highest BCUT2D eigenvalue weighted by Gasteiger charge is 2.68. The molecule has 4 aliphatic rings. The van der Waals surface area contributed by atoms with Crippen LogP contribution < -0.4 is 19.9 Å². The molecule has 8 rings (SSSR count). The standard InChI is InChI=1S/C40H33Br2N3O6/c1-40-29(37(48)45(39(40)50)23-11-7-4-8-12-23)19-27-25(32(40)28-20-30(51-2)35(46)34(42)33(28)41)17-18-26-31(27)38(49)44(36(26)47)24-15-13-22(14-16-24)43-21-9-5-3-6-10-21/h3-17,20,26-27,29,31-32,43,46H,18-19H2,1-2H3/t26-,27+,29-,31-,32+,40+/m0/s1. The van der Waals surface area contributed by atoms with Gasteiger partial charge >= 0.3 is 0 Å². The number of phenolic OH excluding ortho intramolecular Hbond substituents is 1. The van der Waals surface area contributed by atoms with Gasteiger partial charge in [-0.05, 0) is 118 Å². The number of carbonyl (C=O) groups is 4. The SMILES string of the molecule is COc1cc([C@H]2C3=CC[C@@H]4C(=O)N(c5ccc(Nc6ccccc6)cc5)C(=O)[C@@H]4[C@@H]3C[C@H]3C(=O)N(c4ccccc4)C(=O)[C@@]23C)c(Br)c(Br)c1O. The van der Waals surface area contributed by atoms with Crippen LogP contribution >= 0.6 is 31.9 Å². The first-order chi connectivity index (χ1) is 24.6. The molecule has 2 saturated heterocycles. The molecule has 258 valence electrons. The van der Waals surface area contributed by atoms with Crippen molar-refractivity contribution >= 4 is 78.2 Å². The maximum Gasteiger partial charge on any atom is 0.241 e. The summed E-state index contributed by atoms with van der Waals surface area (Å²) in [7, 11) is 1.45. The number of ether oxygens (including phenoxy) is 1. The van der Waals surface area contributed by atoms with Gasteiger partial charge in [-0.1, -0.05) is 48.0 Å². The van der Waals surface area contributed by atoms with E-state index in [0.29, 0.717) is 32.3 Å². The van der Waals surface area contributed by atoms with Crippen LogP contribution in [0.25, 0.3) is 0 Å². The molecule has 0 aromatic heterocycles. The van der Waals surface area contributed by atoms with E-state index in [1.807, 2.05) is 61.5 Å². The van der Waals surface area contributed by atoms with Crippen molar-refractivity contribution in [2.45, 2.75) is 25.7 Å². The Morgan fingerprint density at radius 2 is 1.41 bits per heavy atom. The zero-order chi connectivity index (χ0) is 35.8. The quantitative estimate of drug-likeness (QED) is 0.149. The van der Waals surface area contributed by atoms with E-state index in [0.717, 1.165) is 16.9 Å². The lowest BCUT2D eigenvalue weighted by atomic mass is 9.51. The summed E-state index contributed by atoms with van der Waals surface area (Å²) in [5.74, 6) is -4.49. The third-order valence-electron chi connectivity index (χ3n) is 11.2. The highest BCUT2D eigenvalue weighted by atomic mass is 79.9. The van der Waals surface area contributed by atoms with Crippen molar-refractivity contribution in [2.24, 2.45) is 29.1 Å². The molecule has 4 amide bonds. The molecule has 3 fully saturated rings. The van der Waals surface area contributed by atoms with Crippen molar-refractivity contribution in [3.8, 4) is 11.5 Å². The van der Waals surface area contributed by atoms with Crippen LogP contribution in [-0.2, 0) is 19.2 Å². The van der Waals surface area contributed by atoms with Gasteiger partial charge in [0.15, 0.2) is 11.5 Å². The van der Waals surface area contributed by atoms with Gasteiger partial charge in [-0.2, -0.15) is 0 Å². The second-order valence-electron chi connectivity index (χ2n) is 13.7. The van der Waals surface area contributed by atoms with Crippen molar-refractivity contribution in [3.63, 3.8) is 0 Å². The van der Waals surface area contributed by atoms with Gasteiger partial charge in [0.05, 0.1) is 46.1 Å². The van der Waals surface area contributed by atoms with Crippen LogP contribution in [0.15, 0.2) is 112 Å². The number of halogens is 2. The smallest absolute Gasteiger partial charge is 0.241 e. The zero-order valence-corrected chi connectivity index (χ0v) is 30.8. The van der Waals surface area contributed by atoms with Crippen molar-refractivity contribution in [2.75, 3.05) is 22.2 Å². The summed E-state index contributed by atoms with van der Waals surface area (Å²) >= 11 is 7.17. The predicted octanol–water partition coefficient (Wildman–Crippen LogP) is 8.10. The molecule has 0 unspecified atom stereocenters. The first-order valence-electron chi connectivity index (χ1n) is 16.7. The fourth-order valence-electron chi connectivity index (χ4n) is 8.80. The van der Waals surface area contributed by atoms with E-state index in [9.17, 15) is 24.3 Å². The van der Waals surface area contributed by atoms with Gasteiger partial charge in [0.2, 0.25) is 23.6 Å². The van der Waals surface area contributed by atoms with Gasteiger partial charge in [-0.15, -0.1) is 0 Å². The number of imide groups is 2. The number of allylic oxidation sites excluding steroid dienone is 2. The summed E-state index contributed by atoms with van der Waals surface area (Å²) in [6.07, 6.45) is 2.54. The number of benzene rings is 4. The molecule has 9 nitrogen and oxygen atoms in total. The van der Waals surface area contributed by atoms with Crippen molar-refractivity contribution < 1.29 is 29.0 Å². The normalized spacial score (nSPS) is 26.8. The second kappa shape index (κ2) is 12.5. The average Bonchev–Trinajstić information content (AvgIpc) is 3.51. The fourth-order valence-corrected chi connectivity index (χ4v) is 9.75. The number of para-hydroxylation sites is 2. The first-order valence-corrected chi connectivity index (χ1v) is 18.3. The first kappa shape index (κ1) is 33.4. The van der Waals surface area contributed by atoms with E-state index in [-0.39, 0.29) is 41.5 Å². The number of phenols is 1. The van der Waals surface area contributed by atoms with Crippen LogP contribution in [0.3, 0.4) is 0 Å². The van der Waals surface area contributed by atoms with Crippen LogP contribution in [0.1, 0.15) is 31.2 Å². The van der Waals surface area contributed by atoms with Crippen LogP contribution in [0.2, 0.25) is 0 Å². The summed E-state index contributed by atoms with van der Waals surface area (Å²) in [5, 5.41) is 14.2. The van der Waals surface area contributed by atoms with Gasteiger partial charge in [0.1, 0.15) is 0 Å². The lowest BCUT2D eigenvalue weighted by Crippen LogP contribution is -2.49. The largest absolute Gasteiger partial charge is 0.503 e. The zero-order valence-electron chi connectivity index (χ0n) is 27.7. The Morgan fingerprint density at radius 1 is 0.784 bits per heavy atom. The molecule has 4 aromatic carbocycles.